The largest absolute Gasteiger partial charge is 0.489 e. The van der Waals surface area contributed by atoms with Crippen LogP contribution >= 0.6 is 0 Å². The van der Waals surface area contributed by atoms with Crippen molar-refractivity contribution < 1.29 is 33.5 Å². The van der Waals surface area contributed by atoms with Crippen LogP contribution in [0.4, 0.5) is 9.59 Å². The maximum atomic E-state index is 12.5. The molecule has 8 amide bonds. The first kappa shape index (κ1) is 21.7. The molecular weight excluding hydrogens is 432 g/mol. The summed E-state index contributed by atoms with van der Waals surface area (Å²) in [7, 11) is 0. The van der Waals surface area contributed by atoms with Crippen LogP contribution in [0.2, 0.25) is 0 Å². The number of rotatable bonds is 6. The molecule has 2 fully saturated rings. The van der Waals surface area contributed by atoms with Crippen LogP contribution in [0.15, 0.2) is 54.6 Å². The lowest BCUT2D eigenvalue weighted by Gasteiger charge is -2.34. The summed E-state index contributed by atoms with van der Waals surface area (Å²) in [6, 6.07) is 13.6. The molecule has 0 radical (unpaired) electrons. The third kappa shape index (κ3) is 4.56. The van der Waals surface area contributed by atoms with E-state index in [0.717, 1.165) is 5.56 Å². The van der Waals surface area contributed by atoms with Gasteiger partial charge in [0.25, 0.3) is 0 Å². The first-order valence-corrected chi connectivity index (χ1v) is 9.91. The van der Waals surface area contributed by atoms with Gasteiger partial charge >= 0.3 is 12.1 Å². The maximum Gasteiger partial charge on any atom is 0.328 e. The highest BCUT2D eigenvalue weighted by atomic mass is 16.5. The van der Waals surface area contributed by atoms with Crippen molar-refractivity contribution in [3.8, 4) is 5.75 Å². The Bertz CT molecular complexity index is 1060. The molecule has 0 atom stereocenters. The number of carbonyl (C=O) groups is 6. The molecule has 0 unspecified atom stereocenters. The molecule has 0 aromatic heterocycles. The number of ether oxygens (including phenoxy) is 1. The highest BCUT2D eigenvalue weighted by molar-refractivity contribution is 6.20. The molecule has 11 nitrogen and oxygen atoms in total. The number of imide groups is 4. The number of hydrogen-bond acceptors (Lipinski definition) is 7. The van der Waals surface area contributed by atoms with Gasteiger partial charge in [-0.15, -0.1) is 0 Å². The van der Waals surface area contributed by atoms with E-state index in [-0.39, 0.29) is 5.56 Å². The zero-order valence-corrected chi connectivity index (χ0v) is 17.0. The summed E-state index contributed by atoms with van der Waals surface area (Å²) in [6.45, 7) is 0.300. The predicted molar refractivity (Wildman–Crippen MR) is 110 cm³/mol. The summed E-state index contributed by atoms with van der Waals surface area (Å²) >= 11 is 0. The second-order valence-electron chi connectivity index (χ2n) is 7.44. The second-order valence-corrected chi connectivity index (χ2v) is 7.44. The lowest BCUT2D eigenvalue weighted by atomic mass is 9.74. The highest BCUT2D eigenvalue weighted by Gasteiger charge is 2.50. The Labute approximate surface area is 186 Å². The number of urea groups is 2. The Morgan fingerprint density at radius 1 is 0.636 bits per heavy atom. The summed E-state index contributed by atoms with van der Waals surface area (Å²) in [5.74, 6) is -7.82. The molecule has 2 aromatic rings. The van der Waals surface area contributed by atoms with E-state index in [1.165, 1.54) is 12.1 Å². The van der Waals surface area contributed by atoms with Crippen LogP contribution in [0.5, 0.6) is 5.75 Å². The Hall–Kier alpha value is -4.54. The molecule has 0 spiro atoms. The summed E-state index contributed by atoms with van der Waals surface area (Å²) in [5.41, 5.74) is 1.23. The molecule has 0 bridgehead atoms. The zero-order valence-electron chi connectivity index (χ0n) is 17.0. The number of amides is 8. The smallest absolute Gasteiger partial charge is 0.328 e. The van der Waals surface area contributed by atoms with Gasteiger partial charge in [-0.3, -0.25) is 40.4 Å². The fourth-order valence-corrected chi connectivity index (χ4v) is 3.82. The molecule has 2 aliphatic rings. The van der Waals surface area contributed by atoms with Crippen LogP contribution in [-0.4, -0.2) is 35.7 Å². The van der Waals surface area contributed by atoms with Gasteiger partial charge in [-0.05, 0) is 23.3 Å². The van der Waals surface area contributed by atoms with Crippen LogP contribution < -0.4 is 26.0 Å². The predicted octanol–water partition coefficient (Wildman–Crippen LogP) is 0.314. The molecule has 2 saturated heterocycles. The van der Waals surface area contributed by atoms with Gasteiger partial charge in [-0.25, -0.2) is 9.59 Å². The first-order chi connectivity index (χ1) is 15.8. The monoisotopic (exact) mass is 450 g/mol. The molecule has 11 heteroatoms. The average molecular weight is 450 g/mol. The normalized spacial score (nSPS) is 17.4. The SMILES string of the molecule is O=C1NC(=O)C(C(c2ccc(OCc3ccccc3)cc2)C2C(=O)NC(=O)NC2=O)C(=O)N1. The summed E-state index contributed by atoms with van der Waals surface area (Å²) in [6.07, 6.45) is 0. The van der Waals surface area contributed by atoms with E-state index in [1.54, 1.807) is 12.1 Å². The van der Waals surface area contributed by atoms with Crippen LogP contribution in [-0.2, 0) is 25.8 Å². The van der Waals surface area contributed by atoms with Crippen molar-refractivity contribution in [3.63, 3.8) is 0 Å². The minimum Gasteiger partial charge on any atom is -0.489 e. The minimum absolute atomic E-state index is 0.288. The molecule has 33 heavy (non-hydrogen) atoms. The van der Waals surface area contributed by atoms with Crippen LogP contribution in [0.25, 0.3) is 0 Å². The summed E-state index contributed by atoms with van der Waals surface area (Å²) in [4.78, 5) is 73.1. The number of nitrogens with one attached hydrogen (secondary N) is 4. The third-order valence-corrected chi connectivity index (χ3v) is 5.31. The number of hydrogen-bond donors (Lipinski definition) is 4. The lowest BCUT2D eigenvalue weighted by Crippen LogP contribution is -2.62. The Morgan fingerprint density at radius 3 is 1.55 bits per heavy atom. The summed E-state index contributed by atoms with van der Waals surface area (Å²) in [5, 5.41) is 7.89. The van der Waals surface area contributed by atoms with Gasteiger partial charge in [0.1, 0.15) is 24.2 Å². The van der Waals surface area contributed by atoms with Gasteiger partial charge in [0, 0.05) is 5.92 Å². The molecule has 0 saturated carbocycles. The standard InChI is InChI=1S/C22H18N4O7/c27-17-15(18(28)24-21(31)23-17)14(16-19(29)25-22(32)26-20(16)30)12-6-8-13(9-7-12)33-10-11-4-2-1-3-5-11/h1-9,14-16H,10H2,(H2,23,24,27,28,31)(H2,25,26,29,30,32). The molecule has 0 aliphatic carbocycles. The van der Waals surface area contributed by atoms with Crippen molar-refractivity contribution in [2.24, 2.45) is 11.8 Å². The Morgan fingerprint density at radius 2 is 1.09 bits per heavy atom. The van der Waals surface area contributed by atoms with Crippen molar-refractivity contribution >= 4 is 35.7 Å². The summed E-state index contributed by atoms with van der Waals surface area (Å²) < 4.78 is 5.72. The second kappa shape index (κ2) is 8.91. The van der Waals surface area contributed by atoms with E-state index in [1.807, 2.05) is 51.6 Å². The average Bonchev–Trinajstić information content (AvgIpc) is 2.76. The Kier molecular flexibility index (Phi) is 5.85. The van der Waals surface area contributed by atoms with Gasteiger partial charge in [0.15, 0.2) is 0 Å². The fourth-order valence-electron chi connectivity index (χ4n) is 3.82. The van der Waals surface area contributed by atoms with Crippen molar-refractivity contribution in [1.29, 1.82) is 0 Å². The fraction of sp³-hybridized carbons (Fsp3) is 0.182. The van der Waals surface area contributed by atoms with Crippen molar-refractivity contribution in [2.75, 3.05) is 0 Å². The van der Waals surface area contributed by atoms with E-state index in [2.05, 4.69) is 0 Å². The van der Waals surface area contributed by atoms with E-state index < -0.39 is 53.4 Å². The van der Waals surface area contributed by atoms with Crippen LogP contribution in [0.3, 0.4) is 0 Å². The molecular formula is C22H18N4O7. The van der Waals surface area contributed by atoms with Gasteiger partial charge in [0.2, 0.25) is 23.6 Å². The minimum atomic E-state index is -1.58. The van der Waals surface area contributed by atoms with Crippen molar-refractivity contribution in [1.82, 2.24) is 21.3 Å². The van der Waals surface area contributed by atoms with E-state index in [4.69, 9.17) is 4.74 Å². The van der Waals surface area contributed by atoms with Crippen molar-refractivity contribution in [3.05, 3.63) is 65.7 Å². The van der Waals surface area contributed by atoms with E-state index >= 15 is 0 Å². The quantitative estimate of drug-likeness (QED) is 0.461. The van der Waals surface area contributed by atoms with Gasteiger partial charge in [-0.1, -0.05) is 42.5 Å². The molecule has 4 rings (SSSR count). The lowest BCUT2D eigenvalue weighted by molar-refractivity contribution is -0.141. The van der Waals surface area contributed by atoms with Gasteiger partial charge in [-0.2, -0.15) is 0 Å². The number of carbonyl (C=O) groups excluding carboxylic acids is 6. The molecule has 2 aromatic carbocycles. The van der Waals surface area contributed by atoms with Gasteiger partial charge < -0.3 is 4.74 Å². The van der Waals surface area contributed by atoms with Crippen LogP contribution in [0.1, 0.15) is 17.0 Å². The van der Waals surface area contributed by atoms with E-state index in [9.17, 15) is 28.8 Å². The molecule has 2 aliphatic heterocycles. The van der Waals surface area contributed by atoms with Crippen molar-refractivity contribution in [2.45, 2.75) is 12.5 Å². The third-order valence-electron chi connectivity index (χ3n) is 5.31. The topological polar surface area (TPSA) is 160 Å². The molecule has 4 N–H and O–H groups in total. The molecule has 168 valence electrons. The highest BCUT2D eigenvalue weighted by Crippen LogP contribution is 2.36. The number of barbiturate groups is 2. The first-order valence-electron chi connectivity index (χ1n) is 9.91. The van der Waals surface area contributed by atoms with E-state index in [0.29, 0.717) is 12.4 Å². The zero-order chi connectivity index (χ0) is 23.5. The Balaban J connectivity index is 1.64. The van der Waals surface area contributed by atoms with Gasteiger partial charge in [0.05, 0.1) is 0 Å². The number of benzene rings is 2. The maximum absolute atomic E-state index is 12.5. The van der Waals surface area contributed by atoms with Crippen LogP contribution in [0, 0.1) is 11.8 Å². The molecule has 2 heterocycles.